The van der Waals surface area contributed by atoms with Crippen molar-refractivity contribution in [1.29, 1.82) is 0 Å². The molecule has 0 aliphatic rings. The van der Waals surface area contributed by atoms with Gasteiger partial charge in [0.25, 0.3) is 0 Å². The number of aromatic nitrogens is 3. The van der Waals surface area contributed by atoms with Gasteiger partial charge in [0.2, 0.25) is 11.1 Å². The number of methoxy groups -OCH3 is 1. The zero-order chi connectivity index (χ0) is 20.3. The van der Waals surface area contributed by atoms with Gasteiger partial charge in [-0.05, 0) is 55.8 Å². The minimum absolute atomic E-state index is 0.177. The maximum Gasteiger partial charge on any atom is 0.237 e. The molecule has 0 saturated carbocycles. The van der Waals surface area contributed by atoms with E-state index in [9.17, 15) is 4.79 Å². The minimum Gasteiger partial charge on any atom is -0.497 e. The number of nitrogens with two attached hydrogens (primary N) is 1. The Morgan fingerprint density at radius 3 is 2.64 bits per heavy atom. The van der Waals surface area contributed by atoms with Crippen LogP contribution < -0.4 is 15.9 Å². The third kappa shape index (κ3) is 4.40. The fourth-order valence-electron chi connectivity index (χ4n) is 2.47. The van der Waals surface area contributed by atoms with Gasteiger partial charge >= 0.3 is 0 Å². The first kappa shape index (κ1) is 20.0. The number of halogens is 1. The topological polar surface area (TPSA) is 95.1 Å². The molecule has 0 saturated heterocycles. The van der Waals surface area contributed by atoms with Gasteiger partial charge in [0.05, 0.1) is 12.4 Å². The van der Waals surface area contributed by atoms with E-state index < -0.39 is 5.25 Å². The Bertz CT molecular complexity index is 990. The summed E-state index contributed by atoms with van der Waals surface area (Å²) in [5.41, 5.74) is 2.41. The Balaban J connectivity index is 1.71. The number of hydrogen-bond acceptors (Lipinski definition) is 6. The lowest BCUT2D eigenvalue weighted by atomic mass is 10.2. The molecule has 3 rings (SSSR count). The first-order chi connectivity index (χ1) is 13.4. The van der Waals surface area contributed by atoms with E-state index >= 15 is 0 Å². The smallest absolute Gasteiger partial charge is 0.237 e. The highest BCUT2D eigenvalue weighted by atomic mass is 35.5. The molecule has 28 heavy (non-hydrogen) atoms. The van der Waals surface area contributed by atoms with Crippen LogP contribution in [0.15, 0.2) is 47.6 Å². The zero-order valence-corrected chi connectivity index (χ0v) is 17.2. The predicted octanol–water partition coefficient (Wildman–Crippen LogP) is 3.75. The lowest BCUT2D eigenvalue weighted by Gasteiger charge is -2.13. The summed E-state index contributed by atoms with van der Waals surface area (Å²) in [5.74, 6) is 7.21. The van der Waals surface area contributed by atoms with Crippen LogP contribution in [0.25, 0.3) is 11.4 Å². The molecule has 146 valence electrons. The van der Waals surface area contributed by atoms with Crippen LogP contribution >= 0.6 is 23.4 Å². The molecule has 7 nitrogen and oxygen atoms in total. The van der Waals surface area contributed by atoms with Crippen LogP contribution in [0.4, 0.5) is 5.69 Å². The number of aryl methyl sites for hydroxylation is 1. The lowest BCUT2D eigenvalue weighted by Crippen LogP contribution is -2.24. The fraction of sp³-hybridized carbons (Fsp3) is 0.211. The van der Waals surface area contributed by atoms with Crippen LogP contribution in [0.5, 0.6) is 5.75 Å². The first-order valence-electron chi connectivity index (χ1n) is 8.47. The van der Waals surface area contributed by atoms with Crippen LogP contribution in [0.1, 0.15) is 12.5 Å². The second-order valence-electron chi connectivity index (χ2n) is 6.11. The average molecular weight is 418 g/mol. The fourth-order valence-corrected chi connectivity index (χ4v) is 3.41. The number of rotatable bonds is 6. The van der Waals surface area contributed by atoms with Gasteiger partial charge in [-0.15, -0.1) is 10.2 Å². The number of amides is 1. The van der Waals surface area contributed by atoms with Crippen molar-refractivity contribution in [2.45, 2.75) is 24.3 Å². The van der Waals surface area contributed by atoms with Gasteiger partial charge in [0.1, 0.15) is 5.75 Å². The molecule has 1 amide bonds. The number of carbonyl (C=O) groups is 1. The largest absolute Gasteiger partial charge is 0.497 e. The van der Waals surface area contributed by atoms with Gasteiger partial charge in [-0.25, -0.2) is 4.68 Å². The molecule has 0 aliphatic heterocycles. The van der Waals surface area contributed by atoms with Gasteiger partial charge in [0.15, 0.2) is 5.82 Å². The van der Waals surface area contributed by atoms with E-state index in [2.05, 4.69) is 15.5 Å². The van der Waals surface area contributed by atoms with E-state index in [0.717, 1.165) is 16.9 Å². The second-order valence-corrected chi connectivity index (χ2v) is 7.86. The number of thioether (sulfide) groups is 1. The van der Waals surface area contributed by atoms with E-state index in [1.807, 2.05) is 37.3 Å². The number of anilines is 1. The monoisotopic (exact) mass is 417 g/mol. The van der Waals surface area contributed by atoms with Crippen LogP contribution in [-0.4, -0.2) is 33.1 Å². The first-order valence-corrected chi connectivity index (χ1v) is 9.73. The van der Waals surface area contributed by atoms with Gasteiger partial charge in [-0.1, -0.05) is 29.4 Å². The van der Waals surface area contributed by atoms with Crippen molar-refractivity contribution < 1.29 is 9.53 Å². The van der Waals surface area contributed by atoms with E-state index in [4.69, 9.17) is 22.2 Å². The molecule has 3 aromatic rings. The highest BCUT2D eigenvalue weighted by Gasteiger charge is 2.20. The molecular formula is C19H20ClN5O2S. The van der Waals surface area contributed by atoms with Gasteiger partial charge < -0.3 is 15.9 Å². The molecule has 9 heteroatoms. The summed E-state index contributed by atoms with van der Waals surface area (Å²) < 4.78 is 6.53. The maximum atomic E-state index is 12.6. The maximum absolute atomic E-state index is 12.6. The minimum atomic E-state index is -0.436. The standard InChI is InChI=1S/C19H20ClN5O2S/c1-11-4-7-14(20)10-16(11)22-18(26)12(2)28-19-24-23-17(25(19)21)13-5-8-15(27-3)9-6-13/h4-10,12H,21H2,1-3H3,(H,22,26)/t12-/m1/s1. The quantitative estimate of drug-likeness (QED) is 0.468. The van der Waals surface area contributed by atoms with Crippen LogP contribution in [0, 0.1) is 6.92 Å². The van der Waals surface area contributed by atoms with E-state index in [0.29, 0.717) is 21.7 Å². The lowest BCUT2D eigenvalue weighted by molar-refractivity contribution is -0.115. The molecule has 0 fully saturated rings. The summed E-state index contributed by atoms with van der Waals surface area (Å²) in [6.45, 7) is 3.68. The number of hydrogen-bond donors (Lipinski definition) is 2. The van der Waals surface area contributed by atoms with E-state index in [1.165, 1.54) is 16.4 Å². The summed E-state index contributed by atoms with van der Waals surface area (Å²) >= 11 is 7.23. The second kappa shape index (κ2) is 8.53. The molecule has 1 atom stereocenters. The number of benzene rings is 2. The van der Waals surface area contributed by atoms with Crippen molar-refractivity contribution in [2.75, 3.05) is 18.3 Å². The Morgan fingerprint density at radius 1 is 1.25 bits per heavy atom. The molecule has 0 radical (unpaired) electrons. The normalized spacial score (nSPS) is 11.9. The molecule has 3 N–H and O–H groups in total. The molecule has 1 heterocycles. The average Bonchev–Trinajstić information content (AvgIpc) is 3.05. The van der Waals surface area contributed by atoms with E-state index in [-0.39, 0.29) is 5.91 Å². The molecule has 0 aliphatic carbocycles. The number of nitrogens with one attached hydrogen (secondary N) is 1. The Kier molecular flexibility index (Phi) is 6.11. The van der Waals surface area contributed by atoms with Crippen molar-refractivity contribution >= 4 is 35.0 Å². The van der Waals surface area contributed by atoms with Crippen LogP contribution in [0.3, 0.4) is 0 Å². The molecule has 0 bridgehead atoms. The molecule has 0 unspecified atom stereocenters. The van der Waals surface area contributed by atoms with Gasteiger partial charge in [-0.2, -0.15) is 0 Å². The number of ether oxygens (including phenoxy) is 1. The molecule has 1 aromatic heterocycles. The van der Waals surface area contributed by atoms with Crippen LogP contribution in [0.2, 0.25) is 5.02 Å². The Hall–Kier alpha value is -2.71. The molecule has 2 aromatic carbocycles. The van der Waals surface area contributed by atoms with Gasteiger partial charge in [-0.3, -0.25) is 4.79 Å². The number of nitrogen functional groups attached to an aromatic ring is 1. The number of nitrogens with zero attached hydrogens (tertiary/aromatic N) is 3. The van der Waals surface area contributed by atoms with Crippen molar-refractivity contribution in [2.24, 2.45) is 0 Å². The highest BCUT2D eigenvalue weighted by Crippen LogP contribution is 2.27. The van der Waals surface area contributed by atoms with Crippen LogP contribution in [-0.2, 0) is 4.79 Å². The number of carbonyl (C=O) groups excluding carboxylic acids is 1. The summed E-state index contributed by atoms with van der Waals surface area (Å²) in [7, 11) is 1.60. The SMILES string of the molecule is COc1ccc(-c2nnc(S[C@H](C)C(=O)Nc3cc(Cl)ccc3C)n2N)cc1. The third-order valence-corrected chi connectivity index (χ3v) is 5.41. The zero-order valence-electron chi connectivity index (χ0n) is 15.6. The summed E-state index contributed by atoms with van der Waals surface area (Å²) in [6.07, 6.45) is 0. The molecule has 0 spiro atoms. The molecular weight excluding hydrogens is 398 g/mol. The third-order valence-electron chi connectivity index (χ3n) is 4.12. The van der Waals surface area contributed by atoms with Crippen molar-refractivity contribution in [3.63, 3.8) is 0 Å². The van der Waals surface area contributed by atoms with Crippen molar-refractivity contribution in [3.8, 4) is 17.1 Å². The summed E-state index contributed by atoms with van der Waals surface area (Å²) in [6, 6.07) is 12.7. The summed E-state index contributed by atoms with van der Waals surface area (Å²) in [4.78, 5) is 12.6. The van der Waals surface area contributed by atoms with Crippen molar-refractivity contribution in [1.82, 2.24) is 14.9 Å². The van der Waals surface area contributed by atoms with E-state index in [1.54, 1.807) is 26.2 Å². The van der Waals surface area contributed by atoms with Gasteiger partial charge in [0, 0.05) is 16.3 Å². The summed E-state index contributed by atoms with van der Waals surface area (Å²) in [5, 5.41) is 11.7. The highest BCUT2D eigenvalue weighted by molar-refractivity contribution is 8.00. The Labute approximate surface area is 172 Å². The predicted molar refractivity (Wildman–Crippen MR) is 112 cm³/mol. The Morgan fingerprint density at radius 2 is 1.96 bits per heavy atom. The van der Waals surface area contributed by atoms with Crippen molar-refractivity contribution in [3.05, 3.63) is 53.1 Å².